The van der Waals surface area contributed by atoms with Gasteiger partial charge < -0.3 is 15.1 Å². The summed E-state index contributed by atoms with van der Waals surface area (Å²) >= 11 is 0. The molecule has 0 radical (unpaired) electrons. The van der Waals surface area contributed by atoms with Crippen LogP contribution in [0.2, 0.25) is 0 Å². The van der Waals surface area contributed by atoms with Crippen LogP contribution in [-0.4, -0.2) is 49.6 Å². The van der Waals surface area contributed by atoms with Crippen molar-refractivity contribution >= 4 is 22.6 Å². The van der Waals surface area contributed by atoms with Crippen molar-refractivity contribution in [2.75, 3.05) is 18.9 Å². The molecule has 5 rings (SSSR count). The maximum Gasteiger partial charge on any atom is 0.251 e. The van der Waals surface area contributed by atoms with Gasteiger partial charge in [0, 0.05) is 55.1 Å². The Kier molecular flexibility index (Phi) is 6.08. The fourth-order valence-electron chi connectivity index (χ4n) is 3.90. The number of para-hydroxylation sites is 1. The number of carbonyl (C=O) groups is 1. The minimum atomic E-state index is -0.133. The molecule has 0 unspecified atom stereocenters. The molecule has 1 aromatic carbocycles. The highest BCUT2D eigenvalue weighted by Gasteiger charge is 2.15. The van der Waals surface area contributed by atoms with E-state index in [2.05, 4.69) is 47.7 Å². The van der Waals surface area contributed by atoms with Crippen molar-refractivity contribution in [2.24, 2.45) is 0 Å². The van der Waals surface area contributed by atoms with Gasteiger partial charge in [0.1, 0.15) is 12.1 Å². The minimum Gasteiger partial charge on any atom is -0.423 e. The molecule has 0 saturated heterocycles. The maximum absolute atomic E-state index is 12.3. The highest BCUT2D eigenvalue weighted by molar-refractivity contribution is 6.06. The van der Waals surface area contributed by atoms with Gasteiger partial charge in [-0.05, 0) is 17.7 Å². The van der Waals surface area contributed by atoms with E-state index in [0.29, 0.717) is 35.1 Å². The average molecular weight is 467 g/mol. The number of rotatable bonds is 7. The molecule has 0 aliphatic carbocycles. The Labute approximate surface area is 200 Å². The molecule has 1 amide bonds. The Morgan fingerprint density at radius 3 is 2.80 bits per heavy atom. The lowest BCUT2D eigenvalue weighted by Crippen LogP contribution is -2.18. The van der Waals surface area contributed by atoms with Gasteiger partial charge in [0.2, 0.25) is 12.3 Å². The first-order valence-corrected chi connectivity index (χ1v) is 11.0. The number of amides is 1. The first-order chi connectivity index (χ1) is 17.1. The first kappa shape index (κ1) is 22.1. The molecule has 0 aliphatic rings. The molecule has 4 aromatic heterocycles. The molecule has 35 heavy (non-hydrogen) atoms. The molecule has 1 atom stereocenters. The van der Waals surface area contributed by atoms with E-state index in [0.717, 1.165) is 22.0 Å². The summed E-state index contributed by atoms with van der Waals surface area (Å²) in [6, 6.07) is 11.4. The second kappa shape index (κ2) is 9.64. The molecule has 2 N–H and O–H groups in total. The topological polar surface area (TPSA) is 132 Å². The number of benzene rings is 1. The van der Waals surface area contributed by atoms with Crippen LogP contribution in [0, 0.1) is 0 Å². The highest BCUT2D eigenvalue weighted by Crippen LogP contribution is 2.27. The number of hydrogen-bond acceptors (Lipinski definition) is 9. The van der Waals surface area contributed by atoms with Crippen molar-refractivity contribution in [1.82, 2.24) is 35.5 Å². The van der Waals surface area contributed by atoms with Crippen molar-refractivity contribution in [3.63, 3.8) is 0 Å². The molecule has 0 aliphatic heterocycles. The molecular formula is C25H22N8O2. The quantitative estimate of drug-likeness (QED) is 0.368. The van der Waals surface area contributed by atoms with Gasteiger partial charge in [-0.15, -0.1) is 10.2 Å². The summed E-state index contributed by atoms with van der Waals surface area (Å²) in [4.78, 5) is 29.9. The zero-order valence-electron chi connectivity index (χ0n) is 19.1. The SMILES string of the molecule is CNC(=O)c1ccnc2c([C@H](C)CNc3cc(-c4cncc(-c5nnco5)c4)ncn3)cccc12. The molecule has 0 saturated carbocycles. The fraction of sp³-hybridized carbons (Fsp3) is 0.160. The lowest BCUT2D eigenvalue weighted by Gasteiger charge is -2.16. The summed E-state index contributed by atoms with van der Waals surface area (Å²) in [7, 11) is 1.62. The Morgan fingerprint density at radius 1 is 1.09 bits per heavy atom. The van der Waals surface area contributed by atoms with Crippen LogP contribution < -0.4 is 10.6 Å². The molecule has 174 valence electrons. The smallest absolute Gasteiger partial charge is 0.251 e. The number of nitrogens with zero attached hydrogens (tertiary/aromatic N) is 6. The Morgan fingerprint density at radius 2 is 1.97 bits per heavy atom. The van der Waals surface area contributed by atoms with Crippen molar-refractivity contribution < 1.29 is 9.21 Å². The minimum absolute atomic E-state index is 0.104. The van der Waals surface area contributed by atoms with E-state index >= 15 is 0 Å². The molecule has 4 heterocycles. The standard InChI is InChI=1S/C25H22N8O2/c1-15(18-4-3-5-19-20(24(34)26-2)6-7-28-23(18)19)10-29-22-9-21(30-13-31-22)16-8-17(12-27-11-16)25-33-32-14-35-25/h3-9,11-15H,10H2,1-2H3,(H,26,34)(H,29,30,31)/t15-/m1/s1. The van der Waals surface area contributed by atoms with E-state index in [1.54, 1.807) is 31.7 Å². The molecule has 10 heteroatoms. The van der Waals surface area contributed by atoms with Crippen LogP contribution >= 0.6 is 0 Å². The summed E-state index contributed by atoms with van der Waals surface area (Å²) in [5.41, 5.74) is 4.70. The van der Waals surface area contributed by atoms with Gasteiger partial charge in [-0.2, -0.15) is 0 Å². The molecular weight excluding hydrogens is 444 g/mol. The van der Waals surface area contributed by atoms with Crippen molar-refractivity contribution in [2.45, 2.75) is 12.8 Å². The van der Waals surface area contributed by atoms with Crippen LogP contribution in [0.25, 0.3) is 33.6 Å². The average Bonchev–Trinajstić information content (AvgIpc) is 3.46. The number of nitrogens with one attached hydrogen (secondary N) is 2. The summed E-state index contributed by atoms with van der Waals surface area (Å²) in [6.07, 6.45) is 7.84. The normalized spacial score (nSPS) is 11.8. The Balaban J connectivity index is 1.36. The van der Waals surface area contributed by atoms with E-state index in [1.165, 1.54) is 12.7 Å². The first-order valence-electron chi connectivity index (χ1n) is 11.0. The van der Waals surface area contributed by atoms with Crippen LogP contribution in [0.4, 0.5) is 5.82 Å². The van der Waals surface area contributed by atoms with Gasteiger partial charge in [-0.1, -0.05) is 25.1 Å². The summed E-state index contributed by atoms with van der Waals surface area (Å²) in [6.45, 7) is 2.72. The Hall–Kier alpha value is -4.73. The van der Waals surface area contributed by atoms with Crippen LogP contribution in [0.15, 0.2) is 72.1 Å². The van der Waals surface area contributed by atoms with Crippen molar-refractivity contribution in [3.8, 4) is 22.7 Å². The number of aromatic nitrogens is 6. The summed E-state index contributed by atoms with van der Waals surface area (Å²) in [5, 5.41) is 14.5. The molecule has 10 nitrogen and oxygen atoms in total. The number of pyridine rings is 2. The van der Waals surface area contributed by atoms with Crippen molar-refractivity contribution in [3.05, 3.63) is 78.8 Å². The third-order valence-corrected chi connectivity index (χ3v) is 5.70. The van der Waals surface area contributed by atoms with Gasteiger partial charge in [0.15, 0.2) is 0 Å². The van der Waals surface area contributed by atoms with Gasteiger partial charge in [-0.3, -0.25) is 14.8 Å². The summed E-state index contributed by atoms with van der Waals surface area (Å²) in [5.74, 6) is 1.05. The molecule has 0 fully saturated rings. The second-order valence-corrected chi connectivity index (χ2v) is 7.96. The third-order valence-electron chi connectivity index (χ3n) is 5.70. The molecule has 0 bridgehead atoms. The van der Waals surface area contributed by atoms with Gasteiger partial charge in [0.25, 0.3) is 5.91 Å². The second-order valence-electron chi connectivity index (χ2n) is 7.96. The van der Waals surface area contributed by atoms with E-state index in [1.807, 2.05) is 30.3 Å². The van der Waals surface area contributed by atoms with E-state index < -0.39 is 0 Å². The van der Waals surface area contributed by atoms with Gasteiger partial charge >= 0.3 is 0 Å². The van der Waals surface area contributed by atoms with E-state index in [-0.39, 0.29) is 11.8 Å². The zero-order valence-corrected chi connectivity index (χ0v) is 19.1. The largest absolute Gasteiger partial charge is 0.423 e. The number of fused-ring (bicyclic) bond motifs is 1. The monoisotopic (exact) mass is 466 g/mol. The van der Waals surface area contributed by atoms with Crippen molar-refractivity contribution in [1.29, 1.82) is 0 Å². The van der Waals surface area contributed by atoms with Crippen LogP contribution in [-0.2, 0) is 0 Å². The van der Waals surface area contributed by atoms with Crippen LogP contribution in [0.1, 0.15) is 28.8 Å². The zero-order chi connectivity index (χ0) is 24.2. The third kappa shape index (κ3) is 4.54. The summed E-state index contributed by atoms with van der Waals surface area (Å²) < 4.78 is 5.26. The molecule has 5 aromatic rings. The predicted molar refractivity (Wildman–Crippen MR) is 131 cm³/mol. The lowest BCUT2D eigenvalue weighted by molar-refractivity contribution is 0.0964. The lowest BCUT2D eigenvalue weighted by atomic mass is 9.96. The van der Waals surface area contributed by atoms with E-state index in [9.17, 15) is 4.79 Å². The maximum atomic E-state index is 12.3. The number of hydrogen-bond donors (Lipinski definition) is 2. The Bertz CT molecular complexity index is 1490. The highest BCUT2D eigenvalue weighted by atomic mass is 16.4. The van der Waals surface area contributed by atoms with Gasteiger partial charge in [0.05, 0.1) is 22.3 Å². The molecule has 0 spiro atoms. The predicted octanol–water partition coefficient (Wildman–Crippen LogP) is 3.71. The van der Waals surface area contributed by atoms with Crippen LogP contribution in [0.3, 0.4) is 0 Å². The number of carbonyl (C=O) groups excluding carboxylic acids is 1. The van der Waals surface area contributed by atoms with E-state index in [4.69, 9.17) is 4.42 Å². The number of anilines is 1. The van der Waals surface area contributed by atoms with Crippen LogP contribution in [0.5, 0.6) is 0 Å². The van der Waals surface area contributed by atoms with Gasteiger partial charge in [-0.25, -0.2) is 9.97 Å². The fourth-order valence-corrected chi connectivity index (χ4v) is 3.90.